The van der Waals surface area contributed by atoms with E-state index < -0.39 is 0 Å². The van der Waals surface area contributed by atoms with Crippen LogP contribution in [0.5, 0.6) is 11.5 Å². The van der Waals surface area contributed by atoms with E-state index >= 15 is 0 Å². The van der Waals surface area contributed by atoms with Crippen molar-refractivity contribution in [1.82, 2.24) is 0 Å². The molecule has 0 N–H and O–H groups in total. The first kappa shape index (κ1) is 16.8. The molecule has 1 amide bonds. The zero-order chi connectivity index (χ0) is 17.3. The van der Waals surface area contributed by atoms with Crippen LogP contribution in [0.25, 0.3) is 0 Å². The Morgan fingerprint density at radius 3 is 2.62 bits per heavy atom. The Labute approximate surface area is 148 Å². The maximum atomic E-state index is 11.9. The molecule has 0 aliphatic carbocycles. The van der Waals surface area contributed by atoms with Gasteiger partial charge in [0.1, 0.15) is 11.5 Å². The summed E-state index contributed by atoms with van der Waals surface area (Å²) in [6.45, 7) is 6.85. The number of carbonyl (C=O) groups is 1. The average molecular weight is 344 g/mol. The minimum atomic E-state index is 0.0852. The number of halogens is 1. The summed E-state index contributed by atoms with van der Waals surface area (Å²) >= 11 is 6.02. The van der Waals surface area contributed by atoms with Gasteiger partial charge in [0.05, 0.1) is 0 Å². The summed E-state index contributed by atoms with van der Waals surface area (Å²) in [5.74, 6) is 2.51. The SMILES string of the molecule is CC(=O)N1CCC(C(C)C)c2cc(Oc3cccc(Cl)c3)ccc21. The van der Waals surface area contributed by atoms with Gasteiger partial charge in [-0.1, -0.05) is 31.5 Å². The lowest BCUT2D eigenvalue weighted by Crippen LogP contribution is -2.36. The summed E-state index contributed by atoms with van der Waals surface area (Å²) in [5.41, 5.74) is 2.19. The molecule has 24 heavy (non-hydrogen) atoms. The van der Waals surface area contributed by atoms with E-state index in [0.717, 1.165) is 24.4 Å². The molecular formula is C20H22ClNO2. The van der Waals surface area contributed by atoms with Crippen molar-refractivity contribution in [3.05, 3.63) is 53.1 Å². The van der Waals surface area contributed by atoms with E-state index in [2.05, 4.69) is 19.9 Å². The van der Waals surface area contributed by atoms with E-state index in [0.29, 0.717) is 22.6 Å². The maximum absolute atomic E-state index is 11.9. The van der Waals surface area contributed by atoms with Crippen LogP contribution in [0, 0.1) is 5.92 Å². The lowest BCUT2D eigenvalue weighted by Gasteiger charge is -2.36. The van der Waals surface area contributed by atoms with Crippen LogP contribution in [0.2, 0.25) is 5.02 Å². The minimum Gasteiger partial charge on any atom is -0.457 e. The van der Waals surface area contributed by atoms with Gasteiger partial charge in [0.2, 0.25) is 5.91 Å². The number of ether oxygens (including phenoxy) is 1. The molecule has 0 radical (unpaired) electrons. The lowest BCUT2D eigenvalue weighted by molar-refractivity contribution is -0.116. The monoisotopic (exact) mass is 343 g/mol. The molecule has 3 nitrogen and oxygen atoms in total. The second kappa shape index (κ2) is 6.86. The summed E-state index contributed by atoms with van der Waals surface area (Å²) < 4.78 is 5.96. The Morgan fingerprint density at radius 1 is 1.21 bits per heavy atom. The molecule has 1 atom stereocenters. The van der Waals surface area contributed by atoms with Crippen LogP contribution in [0.4, 0.5) is 5.69 Å². The molecule has 0 bridgehead atoms. The minimum absolute atomic E-state index is 0.0852. The van der Waals surface area contributed by atoms with Crippen molar-refractivity contribution in [2.24, 2.45) is 5.92 Å². The quantitative estimate of drug-likeness (QED) is 0.723. The number of hydrogen-bond acceptors (Lipinski definition) is 2. The van der Waals surface area contributed by atoms with Gasteiger partial charge < -0.3 is 9.64 Å². The predicted molar refractivity (Wildman–Crippen MR) is 98.2 cm³/mol. The van der Waals surface area contributed by atoms with Crippen LogP contribution >= 0.6 is 11.6 Å². The highest BCUT2D eigenvalue weighted by atomic mass is 35.5. The number of fused-ring (bicyclic) bond motifs is 1. The van der Waals surface area contributed by atoms with Gasteiger partial charge in [-0.3, -0.25) is 4.79 Å². The van der Waals surface area contributed by atoms with Gasteiger partial charge in [-0.25, -0.2) is 0 Å². The van der Waals surface area contributed by atoms with Crippen LogP contribution in [0.3, 0.4) is 0 Å². The summed E-state index contributed by atoms with van der Waals surface area (Å²) in [5, 5.41) is 0.647. The number of hydrogen-bond donors (Lipinski definition) is 0. The molecule has 1 heterocycles. The van der Waals surface area contributed by atoms with Gasteiger partial charge in [-0.2, -0.15) is 0 Å². The standard InChI is InChI=1S/C20H22ClNO2/c1-13(2)18-9-10-22(14(3)23)20-8-7-17(12-19(18)20)24-16-6-4-5-15(21)11-16/h4-8,11-13,18H,9-10H2,1-3H3. The van der Waals surface area contributed by atoms with E-state index in [9.17, 15) is 4.79 Å². The molecule has 3 rings (SSSR count). The van der Waals surface area contributed by atoms with Gasteiger partial charge in [0.15, 0.2) is 0 Å². The first-order chi connectivity index (χ1) is 11.5. The Balaban J connectivity index is 1.97. The topological polar surface area (TPSA) is 29.5 Å². The molecule has 0 fully saturated rings. The Bertz CT molecular complexity index is 757. The number of rotatable bonds is 3. The molecule has 0 spiro atoms. The predicted octanol–water partition coefficient (Wildman–Crippen LogP) is 5.63. The molecular weight excluding hydrogens is 322 g/mol. The fourth-order valence-corrected chi connectivity index (χ4v) is 3.55. The molecule has 4 heteroatoms. The van der Waals surface area contributed by atoms with Crippen molar-refractivity contribution in [2.75, 3.05) is 11.4 Å². The number of benzene rings is 2. The lowest BCUT2D eigenvalue weighted by atomic mass is 9.82. The van der Waals surface area contributed by atoms with Gasteiger partial charge in [-0.05, 0) is 60.2 Å². The zero-order valence-corrected chi connectivity index (χ0v) is 15.0. The van der Waals surface area contributed by atoms with Crippen molar-refractivity contribution >= 4 is 23.2 Å². The number of nitrogens with zero attached hydrogens (tertiary/aromatic N) is 1. The Morgan fingerprint density at radius 2 is 1.96 bits per heavy atom. The molecule has 2 aromatic carbocycles. The van der Waals surface area contributed by atoms with E-state index in [-0.39, 0.29) is 5.91 Å². The third-order valence-corrected chi connectivity index (χ3v) is 4.80. The summed E-state index contributed by atoms with van der Waals surface area (Å²) in [7, 11) is 0. The number of carbonyl (C=O) groups excluding carboxylic acids is 1. The van der Waals surface area contributed by atoms with E-state index in [4.69, 9.17) is 16.3 Å². The van der Waals surface area contributed by atoms with Crippen molar-refractivity contribution in [1.29, 1.82) is 0 Å². The molecule has 2 aromatic rings. The highest BCUT2D eigenvalue weighted by Crippen LogP contribution is 2.42. The molecule has 0 aromatic heterocycles. The van der Waals surface area contributed by atoms with E-state index in [1.807, 2.05) is 35.2 Å². The van der Waals surface area contributed by atoms with Crippen LogP contribution in [-0.2, 0) is 4.79 Å². The fourth-order valence-electron chi connectivity index (χ4n) is 3.37. The molecule has 0 saturated heterocycles. The first-order valence-electron chi connectivity index (χ1n) is 8.31. The molecule has 1 aliphatic heterocycles. The third-order valence-electron chi connectivity index (χ3n) is 4.57. The molecule has 0 saturated carbocycles. The summed E-state index contributed by atoms with van der Waals surface area (Å²) in [6.07, 6.45) is 0.977. The maximum Gasteiger partial charge on any atom is 0.223 e. The van der Waals surface area contributed by atoms with Gasteiger partial charge in [0.25, 0.3) is 0 Å². The van der Waals surface area contributed by atoms with Crippen LogP contribution in [0.1, 0.15) is 38.7 Å². The Kier molecular flexibility index (Phi) is 4.81. The van der Waals surface area contributed by atoms with Gasteiger partial charge in [0, 0.05) is 24.2 Å². The smallest absolute Gasteiger partial charge is 0.223 e. The summed E-state index contributed by atoms with van der Waals surface area (Å²) in [6, 6.07) is 13.3. The van der Waals surface area contributed by atoms with Gasteiger partial charge >= 0.3 is 0 Å². The first-order valence-corrected chi connectivity index (χ1v) is 8.69. The molecule has 1 unspecified atom stereocenters. The van der Waals surface area contributed by atoms with Crippen LogP contribution in [-0.4, -0.2) is 12.5 Å². The molecule has 126 valence electrons. The highest BCUT2D eigenvalue weighted by molar-refractivity contribution is 6.30. The normalized spacial score (nSPS) is 16.9. The fraction of sp³-hybridized carbons (Fsp3) is 0.350. The molecule has 1 aliphatic rings. The van der Waals surface area contributed by atoms with Crippen molar-refractivity contribution in [2.45, 2.75) is 33.1 Å². The van der Waals surface area contributed by atoms with Crippen LogP contribution in [0.15, 0.2) is 42.5 Å². The average Bonchev–Trinajstić information content (AvgIpc) is 2.53. The summed E-state index contributed by atoms with van der Waals surface area (Å²) in [4.78, 5) is 13.8. The van der Waals surface area contributed by atoms with Crippen LogP contribution < -0.4 is 9.64 Å². The second-order valence-electron chi connectivity index (χ2n) is 6.59. The number of amides is 1. The van der Waals surface area contributed by atoms with E-state index in [1.54, 1.807) is 13.0 Å². The van der Waals surface area contributed by atoms with Gasteiger partial charge in [-0.15, -0.1) is 0 Å². The zero-order valence-electron chi connectivity index (χ0n) is 14.3. The van der Waals surface area contributed by atoms with Crippen molar-refractivity contribution in [3.8, 4) is 11.5 Å². The number of anilines is 1. The second-order valence-corrected chi connectivity index (χ2v) is 7.03. The highest BCUT2D eigenvalue weighted by Gasteiger charge is 2.29. The van der Waals surface area contributed by atoms with E-state index in [1.165, 1.54) is 5.56 Å². The van der Waals surface area contributed by atoms with Crippen molar-refractivity contribution in [3.63, 3.8) is 0 Å². The van der Waals surface area contributed by atoms with Crippen molar-refractivity contribution < 1.29 is 9.53 Å². The third kappa shape index (κ3) is 3.41. The largest absolute Gasteiger partial charge is 0.457 e. The Hall–Kier alpha value is -2.00.